The highest BCUT2D eigenvalue weighted by Gasteiger charge is 2.45. The summed E-state index contributed by atoms with van der Waals surface area (Å²) >= 11 is 0. The lowest BCUT2D eigenvalue weighted by Gasteiger charge is -2.27. The SMILES string of the molecule is Cc1ccc(O)c(N2C(=O)C(O)=C(C(=O)c3ccco3)C2c2ccccc2)c1. The van der Waals surface area contributed by atoms with Gasteiger partial charge in [0.2, 0.25) is 5.78 Å². The van der Waals surface area contributed by atoms with E-state index in [0.717, 1.165) is 5.56 Å². The number of hydrogen-bond acceptors (Lipinski definition) is 5. The maximum absolute atomic E-state index is 13.0. The van der Waals surface area contributed by atoms with Gasteiger partial charge >= 0.3 is 0 Å². The van der Waals surface area contributed by atoms with E-state index in [-0.39, 0.29) is 22.8 Å². The average molecular weight is 375 g/mol. The second-order valence-electron chi connectivity index (χ2n) is 6.55. The van der Waals surface area contributed by atoms with Crippen LogP contribution in [0.15, 0.2) is 82.7 Å². The van der Waals surface area contributed by atoms with Crippen LogP contribution in [0.5, 0.6) is 5.75 Å². The molecule has 1 aliphatic heterocycles. The molecule has 0 saturated carbocycles. The van der Waals surface area contributed by atoms with Crippen LogP contribution in [-0.2, 0) is 4.79 Å². The second kappa shape index (κ2) is 6.74. The van der Waals surface area contributed by atoms with Gasteiger partial charge in [0.05, 0.1) is 23.6 Å². The van der Waals surface area contributed by atoms with Crippen LogP contribution in [0, 0.1) is 6.92 Å². The van der Waals surface area contributed by atoms with E-state index in [9.17, 15) is 19.8 Å². The maximum atomic E-state index is 13.0. The summed E-state index contributed by atoms with van der Waals surface area (Å²) < 4.78 is 5.19. The first-order valence-electron chi connectivity index (χ1n) is 8.68. The molecule has 1 unspecified atom stereocenters. The Labute approximate surface area is 161 Å². The number of amides is 1. The molecular weight excluding hydrogens is 358 g/mol. The molecule has 1 aliphatic rings. The molecule has 3 aromatic rings. The zero-order chi connectivity index (χ0) is 19.8. The third-order valence-corrected chi connectivity index (χ3v) is 4.70. The zero-order valence-corrected chi connectivity index (χ0v) is 15.0. The largest absolute Gasteiger partial charge is 0.506 e. The van der Waals surface area contributed by atoms with Crippen LogP contribution in [0.1, 0.15) is 27.7 Å². The number of phenols is 1. The maximum Gasteiger partial charge on any atom is 0.294 e. The Hall–Kier alpha value is -3.80. The highest BCUT2D eigenvalue weighted by molar-refractivity contribution is 6.20. The van der Waals surface area contributed by atoms with Crippen molar-refractivity contribution >= 4 is 17.4 Å². The lowest BCUT2D eigenvalue weighted by Crippen LogP contribution is -2.31. The van der Waals surface area contributed by atoms with Gasteiger partial charge in [-0.15, -0.1) is 0 Å². The zero-order valence-electron chi connectivity index (χ0n) is 15.0. The summed E-state index contributed by atoms with van der Waals surface area (Å²) in [5, 5.41) is 21.0. The van der Waals surface area contributed by atoms with Crippen molar-refractivity contribution in [1.29, 1.82) is 0 Å². The quantitative estimate of drug-likeness (QED) is 0.671. The first-order valence-corrected chi connectivity index (χ1v) is 8.68. The number of Topliss-reactive ketones (excluding diaryl/α,β-unsaturated/α-hetero) is 1. The summed E-state index contributed by atoms with van der Waals surface area (Å²) in [5.41, 5.74) is 1.56. The van der Waals surface area contributed by atoms with Gasteiger partial charge < -0.3 is 14.6 Å². The number of aromatic hydroxyl groups is 1. The van der Waals surface area contributed by atoms with Crippen molar-refractivity contribution in [2.24, 2.45) is 0 Å². The first-order chi connectivity index (χ1) is 13.5. The minimum Gasteiger partial charge on any atom is -0.506 e. The number of ketones is 1. The number of rotatable bonds is 4. The van der Waals surface area contributed by atoms with Crippen LogP contribution in [-0.4, -0.2) is 21.9 Å². The van der Waals surface area contributed by atoms with E-state index in [2.05, 4.69) is 0 Å². The van der Waals surface area contributed by atoms with Crippen molar-refractivity contribution in [1.82, 2.24) is 0 Å². The molecule has 2 N–H and O–H groups in total. The monoisotopic (exact) mass is 375 g/mol. The topological polar surface area (TPSA) is 91.0 Å². The van der Waals surface area contributed by atoms with E-state index in [0.29, 0.717) is 5.56 Å². The Bertz CT molecular complexity index is 1080. The molecule has 28 heavy (non-hydrogen) atoms. The van der Waals surface area contributed by atoms with Crippen LogP contribution in [0.2, 0.25) is 0 Å². The molecule has 1 atom stereocenters. The summed E-state index contributed by atoms with van der Waals surface area (Å²) in [6.07, 6.45) is 1.35. The molecule has 0 saturated heterocycles. The molecule has 0 spiro atoms. The molecule has 0 aliphatic carbocycles. The predicted molar refractivity (Wildman–Crippen MR) is 102 cm³/mol. The number of carbonyl (C=O) groups is 2. The molecule has 1 aromatic heterocycles. The minimum absolute atomic E-state index is 0.0191. The van der Waals surface area contributed by atoms with Gasteiger partial charge in [0.15, 0.2) is 11.5 Å². The van der Waals surface area contributed by atoms with Crippen molar-refractivity contribution < 1.29 is 24.2 Å². The van der Waals surface area contributed by atoms with Crippen LogP contribution in [0.3, 0.4) is 0 Å². The van der Waals surface area contributed by atoms with Crippen LogP contribution < -0.4 is 4.90 Å². The molecule has 0 fully saturated rings. The number of aliphatic hydroxyl groups is 1. The number of aliphatic hydroxyl groups excluding tert-OH is 1. The molecule has 2 heterocycles. The van der Waals surface area contributed by atoms with Gasteiger partial charge in [-0.1, -0.05) is 36.4 Å². The average Bonchev–Trinajstić information content (AvgIpc) is 3.32. The first kappa shape index (κ1) is 17.6. The summed E-state index contributed by atoms with van der Waals surface area (Å²) in [6.45, 7) is 1.82. The molecular formula is C22H17NO5. The number of aryl methyl sites for hydroxylation is 1. The van der Waals surface area contributed by atoms with Crippen molar-refractivity contribution in [3.8, 4) is 5.75 Å². The van der Waals surface area contributed by atoms with E-state index < -0.39 is 23.5 Å². The van der Waals surface area contributed by atoms with E-state index in [1.807, 2.05) is 13.0 Å². The van der Waals surface area contributed by atoms with Gasteiger partial charge in [-0.05, 0) is 42.3 Å². The molecule has 6 heteroatoms. The van der Waals surface area contributed by atoms with Gasteiger partial charge in [-0.2, -0.15) is 0 Å². The predicted octanol–water partition coefficient (Wildman–Crippen LogP) is 4.08. The van der Waals surface area contributed by atoms with Crippen LogP contribution >= 0.6 is 0 Å². The Morgan fingerprint density at radius 2 is 1.79 bits per heavy atom. The van der Waals surface area contributed by atoms with Gasteiger partial charge in [-0.3, -0.25) is 14.5 Å². The summed E-state index contributed by atoms with van der Waals surface area (Å²) in [5.74, 6) is -2.11. The molecule has 0 bridgehead atoms. The van der Waals surface area contributed by atoms with Crippen LogP contribution in [0.25, 0.3) is 0 Å². The number of nitrogens with zero attached hydrogens (tertiary/aromatic N) is 1. The summed E-state index contributed by atoms with van der Waals surface area (Å²) in [7, 11) is 0. The number of anilines is 1. The molecule has 2 aromatic carbocycles. The fraction of sp³-hybridized carbons (Fsp3) is 0.0909. The van der Waals surface area contributed by atoms with Crippen molar-refractivity contribution in [2.75, 3.05) is 4.90 Å². The number of furan rings is 1. The van der Waals surface area contributed by atoms with Gasteiger partial charge in [0.25, 0.3) is 5.91 Å². The summed E-state index contributed by atoms with van der Waals surface area (Å²) in [4.78, 5) is 27.2. The Morgan fingerprint density at radius 3 is 2.46 bits per heavy atom. The van der Waals surface area contributed by atoms with E-state index in [4.69, 9.17) is 4.42 Å². The second-order valence-corrected chi connectivity index (χ2v) is 6.55. The Morgan fingerprint density at radius 1 is 1.04 bits per heavy atom. The van der Waals surface area contributed by atoms with Gasteiger partial charge in [0, 0.05) is 0 Å². The van der Waals surface area contributed by atoms with Gasteiger partial charge in [-0.25, -0.2) is 0 Å². The molecule has 140 valence electrons. The third kappa shape index (κ3) is 2.75. The molecule has 1 amide bonds. The van der Waals surface area contributed by atoms with Gasteiger partial charge in [0.1, 0.15) is 5.75 Å². The number of phenolic OH excluding ortho intramolecular Hbond substituents is 1. The fourth-order valence-electron chi connectivity index (χ4n) is 3.40. The smallest absolute Gasteiger partial charge is 0.294 e. The molecule has 6 nitrogen and oxygen atoms in total. The van der Waals surface area contributed by atoms with E-state index >= 15 is 0 Å². The lowest BCUT2D eigenvalue weighted by atomic mass is 9.94. The number of benzene rings is 2. The Kier molecular flexibility index (Phi) is 4.24. The van der Waals surface area contributed by atoms with Crippen LogP contribution in [0.4, 0.5) is 5.69 Å². The van der Waals surface area contributed by atoms with E-state index in [1.165, 1.54) is 23.3 Å². The summed E-state index contributed by atoms with van der Waals surface area (Å²) in [6, 6.07) is 15.8. The minimum atomic E-state index is -0.904. The lowest BCUT2D eigenvalue weighted by molar-refractivity contribution is -0.117. The van der Waals surface area contributed by atoms with E-state index in [1.54, 1.807) is 42.5 Å². The normalized spacial score (nSPS) is 16.7. The molecule has 0 radical (unpaired) electrons. The van der Waals surface area contributed by atoms with Crippen molar-refractivity contribution in [2.45, 2.75) is 13.0 Å². The van der Waals surface area contributed by atoms with Crippen molar-refractivity contribution in [3.63, 3.8) is 0 Å². The fourth-order valence-corrected chi connectivity index (χ4v) is 3.40. The highest BCUT2D eigenvalue weighted by atomic mass is 16.3. The molecule has 4 rings (SSSR count). The highest BCUT2D eigenvalue weighted by Crippen LogP contribution is 2.44. The number of hydrogen-bond donors (Lipinski definition) is 2. The number of carbonyl (C=O) groups excluding carboxylic acids is 2. The third-order valence-electron chi connectivity index (χ3n) is 4.70. The standard InChI is InChI=1S/C22H17NO5/c1-13-9-10-16(24)15(12-13)23-19(14-6-3-2-4-7-14)18(21(26)22(23)27)20(25)17-8-5-11-28-17/h2-12,19,24,26H,1H3. The van der Waals surface area contributed by atoms with Crippen molar-refractivity contribution in [3.05, 3.63) is 95.1 Å². The Balaban J connectivity index is 1.92.